The third kappa shape index (κ3) is 4.80. The fourth-order valence-corrected chi connectivity index (χ4v) is 2.94. The zero-order valence-electron chi connectivity index (χ0n) is 14.7. The largest absolute Gasteiger partial charge is 0.395 e. The molecule has 0 bridgehead atoms. The molecule has 2 heterocycles. The average Bonchev–Trinajstić information content (AvgIpc) is 2.63. The van der Waals surface area contributed by atoms with Gasteiger partial charge >= 0.3 is 0 Å². The number of pyridine rings is 1. The Bertz CT molecular complexity index is 887. The first-order chi connectivity index (χ1) is 12.7. The quantitative estimate of drug-likeness (QED) is 0.526. The highest BCUT2D eigenvalue weighted by molar-refractivity contribution is 6.31. The standard InChI is InChI=1S/C19H22ClN5O/c1-13-11-15(25-19(24-13)23-9-10-26)3-2-7-21-17-6-8-22-18-12-14(20)4-5-16(17)18/h4-6,8,11-12,26H,2-3,7,9-10H2,1H3,(H,21,22)(H,23,24,25). The highest BCUT2D eigenvalue weighted by Gasteiger charge is 2.04. The Labute approximate surface area is 157 Å². The van der Waals surface area contributed by atoms with Crippen LogP contribution in [0.4, 0.5) is 11.6 Å². The Balaban J connectivity index is 1.58. The van der Waals surface area contributed by atoms with E-state index in [4.69, 9.17) is 16.7 Å². The first kappa shape index (κ1) is 18.4. The van der Waals surface area contributed by atoms with Gasteiger partial charge in [0, 0.05) is 46.8 Å². The van der Waals surface area contributed by atoms with Gasteiger partial charge in [-0.2, -0.15) is 0 Å². The molecule has 0 aliphatic heterocycles. The summed E-state index contributed by atoms with van der Waals surface area (Å²) in [5.41, 5.74) is 3.84. The van der Waals surface area contributed by atoms with Crippen molar-refractivity contribution in [2.45, 2.75) is 19.8 Å². The van der Waals surface area contributed by atoms with Gasteiger partial charge in [0.15, 0.2) is 0 Å². The van der Waals surface area contributed by atoms with Gasteiger partial charge in [-0.3, -0.25) is 4.98 Å². The highest BCUT2D eigenvalue weighted by Crippen LogP contribution is 2.24. The van der Waals surface area contributed by atoms with Crippen molar-refractivity contribution in [3.8, 4) is 0 Å². The van der Waals surface area contributed by atoms with Crippen molar-refractivity contribution in [3.63, 3.8) is 0 Å². The maximum absolute atomic E-state index is 8.90. The summed E-state index contributed by atoms with van der Waals surface area (Å²) in [5.74, 6) is 0.569. The molecule has 1 aromatic carbocycles. The SMILES string of the molecule is Cc1cc(CCCNc2ccnc3cc(Cl)ccc23)nc(NCCO)n1. The van der Waals surface area contributed by atoms with Crippen LogP contribution in [0.3, 0.4) is 0 Å². The summed E-state index contributed by atoms with van der Waals surface area (Å²) < 4.78 is 0. The van der Waals surface area contributed by atoms with Crippen molar-refractivity contribution in [1.82, 2.24) is 15.0 Å². The predicted octanol–water partition coefficient (Wildman–Crippen LogP) is 3.44. The summed E-state index contributed by atoms with van der Waals surface area (Å²) >= 11 is 6.03. The van der Waals surface area contributed by atoms with E-state index in [0.29, 0.717) is 17.5 Å². The number of nitrogens with zero attached hydrogens (tertiary/aromatic N) is 3. The maximum atomic E-state index is 8.90. The number of nitrogens with one attached hydrogen (secondary N) is 2. The fraction of sp³-hybridized carbons (Fsp3) is 0.316. The molecule has 0 unspecified atom stereocenters. The molecule has 0 radical (unpaired) electrons. The number of rotatable bonds is 8. The van der Waals surface area contributed by atoms with Crippen molar-refractivity contribution < 1.29 is 5.11 Å². The average molecular weight is 372 g/mol. The van der Waals surface area contributed by atoms with Crippen LogP contribution in [0.5, 0.6) is 0 Å². The number of aliphatic hydroxyl groups is 1. The van der Waals surface area contributed by atoms with E-state index in [1.807, 2.05) is 37.3 Å². The van der Waals surface area contributed by atoms with Crippen LogP contribution in [0.1, 0.15) is 17.8 Å². The third-order valence-corrected chi connectivity index (χ3v) is 4.17. The molecule has 3 rings (SSSR count). The summed E-state index contributed by atoms with van der Waals surface area (Å²) in [4.78, 5) is 13.2. The number of aliphatic hydroxyl groups excluding tert-OH is 1. The molecule has 0 aliphatic carbocycles. The molecule has 0 fully saturated rings. The van der Waals surface area contributed by atoms with E-state index in [-0.39, 0.29) is 6.61 Å². The number of aryl methyl sites for hydroxylation is 2. The topological polar surface area (TPSA) is 83.0 Å². The number of hydrogen-bond donors (Lipinski definition) is 3. The summed E-state index contributed by atoms with van der Waals surface area (Å²) in [6.07, 6.45) is 3.57. The van der Waals surface area contributed by atoms with E-state index in [1.54, 1.807) is 6.20 Å². The minimum atomic E-state index is 0.0572. The van der Waals surface area contributed by atoms with Gasteiger partial charge in [0.05, 0.1) is 12.1 Å². The van der Waals surface area contributed by atoms with Crippen LogP contribution in [0.25, 0.3) is 10.9 Å². The van der Waals surface area contributed by atoms with Crippen LogP contribution in [0, 0.1) is 6.92 Å². The molecule has 0 aliphatic rings. The molecule has 3 N–H and O–H groups in total. The molecule has 0 amide bonds. The van der Waals surface area contributed by atoms with E-state index in [9.17, 15) is 0 Å². The van der Waals surface area contributed by atoms with Crippen LogP contribution in [-0.2, 0) is 6.42 Å². The predicted molar refractivity (Wildman–Crippen MR) is 106 cm³/mol. The molecule has 0 saturated heterocycles. The molecule has 6 nitrogen and oxygen atoms in total. The Kier molecular flexibility index (Phi) is 6.20. The summed E-state index contributed by atoms with van der Waals surface area (Å²) in [6, 6.07) is 9.70. The monoisotopic (exact) mass is 371 g/mol. The fourth-order valence-electron chi connectivity index (χ4n) is 2.78. The number of fused-ring (bicyclic) bond motifs is 1. The lowest BCUT2D eigenvalue weighted by molar-refractivity contribution is 0.310. The first-order valence-corrected chi connectivity index (χ1v) is 9.01. The van der Waals surface area contributed by atoms with Crippen molar-refractivity contribution in [1.29, 1.82) is 0 Å². The third-order valence-electron chi connectivity index (χ3n) is 3.93. The molecule has 0 atom stereocenters. The van der Waals surface area contributed by atoms with Crippen LogP contribution in [0.2, 0.25) is 5.02 Å². The van der Waals surface area contributed by atoms with E-state index < -0.39 is 0 Å². The zero-order chi connectivity index (χ0) is 18.4. The number of benzene rings is 1. The Hall–Kier alpha value is -2.44. The van der Waals surface area contributed by atoms with Crippen molar-refractivity contribution in [2.75, 3.05) is 30.3 Å². The maximum Gasteiger partial charge on any atom is 0.223 e. The van der Waals surface area contributed by atoms with Gasteiger partial charge in [-0.05, 0) is 50.1 Å². The Morgan fingerprint density at radius 3 is 2.81 bits per heavy atom. The smallest absolute Gasteiger partial charge is 0.223 e. The number of anilines is 2. The first-order valence-electron chi connectivity index (χ1n) is 8.63. The van der Waals surface area contributed by atoms with Gasteiger partial charge in [0.1, 0.15) is 0 Å². The van der Waals surface area contributed by atoms with E-state index in [0.717, 1.165) is 47.4 Å². The molecular weight excluding hydrogens is 350 g/mol. The van der Waals surface area contributed by atoms with Crippen LogP contribution in [0.15, 0.2) is 36.5 Å². The molecule has 26 heavy (non-hydrogen) atoms. The van der Waals surface area contributed by atoms with Crippen LogP contribution >= 0.6 is 11.6 Å². The Morgan fingerprint density at radius 2 is 1.96 bits per heavy atom. The van der Waals surface area contributed by atoms with Gasteiger partial charge in [-0.15, -0.1) is 0 Å². The Morgan fingerprint density at radius 1 is 1.08 bits per heavy atom. The minimum absolute atomic E-state index is 0.0572. The second-order valence-corrected chi connectivity index (χ2v) is 6.46. The summed E-state index contributed by atoms with van der Waals surface area (Å²) in [7, 11) is 0. The molecule has 3 aromatic rings. The van der Waals surface area contributed by atoms with E-state index >= 15 is 0 Å². The van der Waals surface area contributed by atoms with E-state index in [1.165, 1.54) is 0 Å². The molecule has 0 saturated carbocycles. The lowest BCUT2D eigenvalue weighted by atomic mass is 10.1. The van der Waals surface area contributed by atoms with Gasteiger partial charge in [-0.1, -0.05) is 11.6 Å². The molecular formula is C19H22ClN5O. The number of hydrogen-bond acceptors (Lipinski definition) is 6. The summed E-state index contributed by atoms with van der Waals surface area (Å²) in [5, 5.41) is 17.1. The highest BCUT2D eigenvalue weighted by atomic mass is 35.5. The lowest BCUT2D eigenvalue weighted by Crippen LogP contribution is -2.11. The number of halogens is 1. The van der Waals surface area contributed by atoms with Crippen LogP contribution in [-0.4, -0.2) is 39.8 Å². The summed E-state index contributed by atoms with van der Waals surface area (Å²) in [6.45, 7) is 3.28. The molecule has 2 aromatic heterocycles. The van der Waals surface area contributed by atoms with Crippen LogP contribution < -0.4 is 10.6 Å². The number of aromatic nitrogens is 3. The van der Waals surface area contributed by atoms with Gasteiger partial charge in [-0.25, -0.2) is 9.97 Å². The van der Waals surface area contributed by atoms with Crippen molar-refractivity contribution in [3.05, 3.63) is 52.9 Å². The van der Waals surface area contributed by atoms with Gasteiger partial charge < -0.3 is 15.7 Å². The second-order valence-electron chi connectivity index (χ2n) is 6.02. The second kappa shape index (κ2) is 8.78. The molecule has 7 heteroatoms. The molecule has 0 spiro atoms. The zero-order valence-corrected chi connectivity index (χ0v) is 15.4. The molecule has 136 valence electrons. The van der Waals surface area contributed by atoms with Gasteiger partial charge in [0.2, 0.25) is 5.95 Å². The lowest BCUT2D eigenvalue weighted by Gasteiger charge is -2.10. The van der Waals surface area contributed by atoms with E-state index in [2.05, 4.69) is 25.6 Å². The van der Waals surface area contributed by atoms with Crippen molar-refractivity contribution >= 4 is 34.1 Å². The van der Waals surface area contributed by atoms with Gasteiger partial charge in [0.25, 0.3) is 0 Å². The normalized spacial score (nSPS) is 10.9. The van der Waals surface area contributed by atoms with Crippen molar-refractivity contribution in [2.24, 2.45) is 0 Å². The minimum Gasteiger partial charge on any atom is -0.395 e.